The van der Waals surface area contributed by atoms with Crippen molar-refractivity contribution in [2.75, 3.05) is 26.2 Å². The molecular formula is C18H22F2N4O3. The minimum absolute atomic E-state index is 0.0580. The molecule has 1 N–H and O–H groups in total. The zero-order valence-electron chi connectivity index (χ0n) is 15.1. The van der Waals surface area contributed by atoms with Gasteiger partial charge >= 0.3 is 5.97 Å². The summed E-state index contributed by atoms with van der Waals surface area (Å²) in [5.74, 6) is -2.06. The van der Waals surface area contributed by atoms with E-state index in [0.29, 0.717) is 24.5 Å². The Morgan fingerprint density at radius 3 is 2.70 bits per heavy atom. The van der Waals surface area contributed by atoms with Gasteiger partial charge in [0.25, 0.3) is 0 Å². The van der Waals surface area contributed by atoms with Crippen LogP contribution < -0.4 is 0 Å². The minimum atomic E-state index is -0.956. The first kappa shape index (κ1) is 19.4. The maximum Gasteiger partial charge on any atom is 0.317 e. The molecule has 0 unspecified atom stereocenters. The molecule has 1 aromatic heterocycles. The lowest BCUT2D eigenvalue weighted by Crippen LogP contribution is -2.46. The number of aliphatic carboxylic acids is 1. The summed E-state index contributed by atoms with van der Waals surface area (Å²) in [4.78, 5) is 19.4. The van der Waals surface area contributed by atoms with E-state index in [2.05, 4.69) is 15.0 Å². The van der Waals surface area contributed by atoms with Gasteiger partial charge in [-0.25, -0.2) is 8.78 Å². The van der Waals surface area contributed by atoms with Crippen LogP contribution in [0.4, 0.5) is 8.78 Å². The first-order valence-electron chi connectivity index (χ1n) is 8.92. The number of carboxylic acids is 1. The zero-order valence-corrected chi connectivity index (χ0v) is 15.1. The second-order valence-electron chi connectivity index (χ2n) is 6.60. The maximum absolute atomic E-state index is 13.3. The molecule has 7 nitrogen and oxygen atoms in total. The summed E-state index contributed by atoms with van der Waals surface area (Å²) >= 11 is 0. The first-order valence-corrected chi connectivity index (χ1v) is 8.92. The molecule has 0 amide bonds. The molecule has 0 atom stereocenters. The monoisotopic (exact) mass is 380 g/mol. The number of nitrogens with zero attached hydrogens (tertiary/aromatic N) is 4. The lowest BCUT2D eigenvalue weighted by Gasteiger charge is -2.36. The van der Waals surface area contributed by atoms with Crippen molar-refractivity contribution in [3.05, 3.63) is 35.7 Å². The molecule has 27 heavy (non-hydrogen) atoms. The van der Waals surface area contributed by atoms with E-state index in [1.807, 2.05) is 11.8 Å². The number of rotatable bonds is 7. The predicted molar refractivity (Wildman–Crippen MR) is 92.8 cm³/mol. The zero-order chi connectivity index (χ0) is 19.4. The van der Waals surface area contributed by atoms with Crippen molar-refractivity contribution in [2.45, 2.75) is 32.4 Å². The third-order valence-electron chi connectivity index (χ3n) is 4.82. The third kappa shape index (κ3) is 4.86. The second-order valence-corrected chi connectivity index (χ2v) is 6.60. The van der Waals surface area contributed by atoms with E-state index in [4.69, 9.17) is 9.63 Å². The number of piperidine rings is 1. The summed E-state index contributed by atoms with van der Waals surface area (Å²) in [6.45, 7) is 4.79. The number of hydrogen-bond donors (Lipinski definition) is 1. The van der Waals surface area contributed by atoms with Gasteiger partial charge in [-0.05, 0) is 37.6 Å². The minimum Gasteiger partial charge on any atom is -0.480 e. The number of carbonyl (C=O) groups is 1. The molecule has 0 spiro atoms. The Balaban J connectivity index is 1.56. The van der Waals surface area contributed by atoms with Gasteiger partial charge in [0.2, 0.25) is 11.7 Å². The lowest BCUT2D eigenvalue weighted by atomic mass is 10.0. The maximum atomic E-state index is 13.3. The van der Waals surface area contributed by atoms with Crippen LogP contribution >= 0.6 is 0 Å². The molecule has 2 aromatic rings. The normalized spacial score (nSPS) is 16.1. The van der Waals surface area contributed by atoms with E-state index >= 15 is 0 Å². The fraction of sp³-hybridized carbons (Fsp3) is 0.500. The van der Waals surface area contributed by atoms with Crippen molar-refractivity contribution in [1.82, 2.24) is 19.9 Å². The van der Waals surface area contributed by atoms with Crippen LogP contribution in [0.3, 0.4) is 0 Å². The third-order valence-corrected chi connectivity index (χ3v) is 4.82. The number of halogens is 2. The Bertz CT molecular complexity index is 791. The van der Waals surface area contributed by atoms with E-state index in [1.54, 1.807) is 0 Å². The highest BCUT2D eigenvalue weighted by Gasteiger charge is 2.26. The van der Waals surface area contributed by atoms with Gasteiger partial charge in [0, 0.05) is 24.7 Å². The highest BCUT2D eigenvalue weighted by molar-refractivity contribution is 5.69. The summed E-state index contributed by atoms with van der Waals surface area (Å²) in [7, 11) is 0. The molecule has 1 aliphatic heterocycles. The van der Waals surface area contributed by atoms with Crippen LogP contribution in [0.1, 0.15) is 25.7 Å². The number of carboxylic acid groups (broad SMARTS) is 1. The van der Waals surface area contributed by atoms with Gasteiger partial charge in [0.15, 0.2) is 11.6 Å². The molecule has 1 fully saturated rings. The molecule has 1 aromatic carbocycles. The van der Waals surface area contributed by atoms with Crippen LogP contribution in [0.25, 0.3) is 11.4 Å². The van der Waals surface area contributed by atoms with Crippen LogP contribution in [-0.2, 0) is 11.3 Å². The van der Waals surface area contributed by atoms with Crippen LogP contribution in [0, 0.1) is 11.6 Å². The smallest absolute Gasteiger partial charge is 0.317 e. The molecule has 0 bridgehead atoms. The van der Waals surface area contributed by atoms with Gasteiger partial charge in [-0.1, -0.05) is 12.1 Å². The standard InChI is InChI=1S/C18H22F2N4O3/c1-2-24(11-17(25)26)13-5-7-23(8-6-13)10-16-21-18(22-27-16)12-3-4-14(19)15(20)9-12/h3-4,9,13H,2,5-8,10-11H2,1H3,(H,25,26). The van der Waals surface area contributed by atoms with Gasteiger partial charge in [-0.15, -0.1) is 0 Å². The predicted octanol–water partition coefficient (Wildman–Crippen LogP) is 2.39. The molecule has 1 aliphatic rings. The largest absolute Gasteiger partial charge is 0.480 e. The molecule has 2 heterocycles. The van der Waals surface area contributed by atoms with Crippen molar-refractivity contribution in [3.63, 3.8) is 0 Å². The first-order chi connectivity index (χ1) is 13.0. The number of aromatic nitrogens is 2. The topological polar surface area (TPSA) is 82.7 Å². The molecule has 1 saturated heterocycles. The SMILES string of the molecule is CCN(CC(=O)O)C1CCN(Cc2nc(-c3ccc(F)c(F)c3)no2)CC1. The fourth-order valence-electron chi connectivity index (χ4n) is 3.38. The van der Waals surface area contributed by atoms with E-state index < -0.39 is 17.6 Å². The van der Waals surface area contributed by atoms with E-state index in [1.165, 1.54) is 6.07 Å². The number of likely N-dealkylation sites (N-methyl/N-ethyl adjacent to an activating group) is 1. The Morgan fingerprint density at radius 2 is 2.07 bits per heavy atom. The Morgan fingerprint density at radius 1 is 1.33 bits per heavy atom. The summed E-state index contributed by atoms with van der Waals surface area (Å²) in [5, 5.41) is 12.8. The second kappa shape index (κ2) is 8.53. The van der Waals surface area contributed by atoms with Crippen LogP contribution in [0.2, 0.25) is 0 Å². The molecule has 3 rings (SSSR count). The van der Waals surface area contributed by atoms with Crippen LogP contribution in [-0.4, -0.2) is 63.2 Å². The van der Waals surface area contributed by atoms with Gasteiger partial charge in [-0.2, -0.15) is 4.98 Å². The highest BCUT2D eigenvalue weighted by atomic mass is 19.2. The molecule has 0 radical (unpaired) electrons. The number of benzene rings is 1. The summed E-state index contributed by atoms with van der Waals surface area (Å²) < 4.78 is 31.6. The van der Waals surface area contributed by atoms with Gasteiger partial charge in [-0.3, -0.25) is 14.6 Å². The van der Waals surface area contributed by atoms with Gasteiger partial charge < -0.3 is 9.63 Å². The fourth-order valence-corrected chi connectivity index (χ4v) is 3.38. The number of likely N-dealkylation sites (tertiary alicyclic amines) is 1. The van der Waals surface area contributed by atoms with Crippen molar-refractivity contribution >= 4 is 5.97 Å². The van der Waals surface area contributed by atoms with Crippen molar-refractivity contribution in [1.29, 1.82) is 0 Å². The van der Waals surface area contributed by atoms with Crippen molar-refractivity contribution in [3.8, 4) is 11.4 Å². The van der Waals surface area contributed by atoms with E-state index in [0.717, 1.165) is 38.1 Å². The van der Waals surface area contributed by atoms with Crippen LogP contribution in [0.5, 0.6) is 0 Å². The van der Waals surface area contributed by atoms with E-state index in [9.17, 15) is 13.6 Å². The molecule has 146 valence electrons. The average molecular weight is 380 g/mol. The Labute approximate surface area is 155 Å². The van der Waals surface area contributed by atoms with Crippen molar-refractivity contribution in [2.24, 2.45) is 0 Å². The number of hydrogen-bond acceptors (Lipinski definition) is 6. The Kier molecular flexibility index (Phi) is 6.12. The van der Waals surface area contributed by atoms with Crippen LogP contribution in [0.15, 0.2) is 22.7 Å². The Hall–Kier alpha value is -2.39. The summed E-state index contributed by atoms with van der Waals surface area (Å²) in [5.41, 5.74) is 0.356. The summed E-state index contributed by atoms with van der Waals surface area (Å²) in [6, 6.07) is 3.72. The molecule has 0 saturated carbocycles. The van der Waals surface area contributed by atoms with E-state index in [-0.39, 0.29) is 18.4 Å². The van der Waals surface area contributed by atoms with Gasteiger partial charge in [0.05, 0.1) is 13.1 Å². The lowest BCUT2D eigenvalue weighted by molar-refractivity contribution is -0.139. The molecule has 0 aliphatic carbocycles. The molecular weight excluding hydrogens is 358 g/mol. The average Bonchev–Trinajstić information content (AvgIpc) is 3.11. The van der Waals surface area contributed by atoms with Gasteiger partial charge in [0.1, 0.15) is 0 Å². The quantitative estimate of drug-likeness (QED) is 0.790. The van der Waals surface area contributed by atoms with Crippen molar-refractivity contribution < 1.29 is 23.2 Å². The highest BCUT2D eigenvalue weighted by Crippen LogP contribution is 2.21. The molecule has 9 heteroatoms. The summed E-state index contributed by atoms with van der Waals surface area (Å²) in [6.07, 6.45) is 1.73.